The van der Waals surface area contributed by atoms with Crippen LogP contribution in [-0.4, -0.2) is 24.6 Å². The van der Waals surface area contributed by atoms with Crippen LogP contribution in [0.25, 0.3) is 0 Å². The summed E-state index contributed by atoms with van der Waals surface area (Å²) in [5.41, 5.74) is 7.40. The fourth-order valence-corrected chi connectivity index (χ4v) is 2.63. The Bertz CT molecular complexity index is 477. The molecule has 1 aliphatic heterocycles. The molecule has 1 aromatic carbocycles. The number of hydrogen-bond acceptors (Lipinski definition) is 3. The van der Waals surface area contributed by atoms with Crippen LogP contribution in [0.5, 0.6) is 0 Å². The molecule has 2 atom stereocenters. The van der Waals surface area contributed by atoms with Gasteiger partial charge in [0.2, 0.25) is 5.91 Å². The van der Waals surface area contributed by atoms with Gasteiger partial charge in [0.15, 0.2) is 0 Å². The number of nitrogens with one attached hydrogen (secondary N) is 1. The molecule has 1 saturated heterocycles. The zero-order valence-electron chi connectivity index (χ0n) is 13.2. The van der Waals surface area contributed by atoms with Crippen molar-refractivity contribution in [1.82, 2.24) is 5.32 Å². The van der Waals surface area contributed by atoms with Crippen LogP contribution in [0, 0.1) is 12.8 Å². The molecule has 2 rings (SSSR count). The number of carbonyl (C=O) groups excluding carboxylic acids is 1. The van der Waals surface area contributed by atoms with E-state index in [4.69, 9.17) is 10.5 Å². The van der Waals surface area contributed by atoms with E-state index in [0.717, 1.165) is 19.4 Å². The first kappa shape index (κ1) is 16.0. The normalized spacial score (nSPS) is 22.9. The van der Waals surface area contributed by atoms with Crippen molar-refractivity contribution in [2.75, 3.05) is 13.2 Å². The van der Waals surface area contributed by atoms with E-state index in [-0.39, 0.29) is 12.0 Å². The van der Waals surface area contributed by atoms with Crippen molar-refractivity contribution in [1.29, 1.82) is 0 Å². The van der Waals surface area contributed by atoms with Crippen LogP contribution in [-0.2, 0) is 9.53 Å². The largest absolute Gasteiger partial charge is 0.373 e. The van der Waals surface area contributed by atoms with Gasteiger partial charge in [0.25, 0.3) is 0 Å². The van der Waals surface area contributed by atoms with Gasteiger partial charge in [0.05, 0.1) is 11.6 Å². The Morgan fingerprint density at radius 2 is 2.05 bits per heavy atom. The number of rotatable bonds is 4. The highest BCUT2D eigenvalue weighted by atomic mass is 16.5. The van der Waals surface area contributed by atoms with E-state index < -0.39 is 5.54 Å². The van der Waals surface area contributed by atoms with Gasteiger partial charge in [-0.15, -0.1) is 0 Å². The lowest BCUT2D eigenvalue weighted by molar-refractivity contribution is -0.126. The molecule has 4 heteroatoms. The maximum absolute atomic E-state index is 11.9. The molecule has 116 valence electrons. The second-order valence-corrected chi connectivity index (χ2v) is 6.54. The highest BCUT2D eigenvalue weighted by Crippen LogP contribution is 2.33. The summed E-state index contributed by atoms with van der Waals surface area (Å²) in [5.74, 6) is 0.184. The molecule has 0 radical (unpaired) electrons. The molecule has 0 spiro atoms. The zero-order valence-corrected chi connectivity index (χ0v) is 13.2. The molecule has 0 aliphatic carbocycles. The number of aryl methyl sites for hydroxylation is 1. The Balaban J connectivity index is 2.02. The second-order valence-electron chi connectivity index (χ2n) is 6.54. The molecule has 1 fully saturated rings. The fraction of sp³-hybridized carbons (Fsp3) is 0.588. The quantitative estimate of drug-likeness (QED) is 0.894. The van der Waals surface area contributed by atoms with Gasteiger partial charge in [0, 0.05) is 19.1 Å². The molecule has 1 aliphatic rings. The SMILES string of the molecule is Cc1ccc(C2OCCCC2CNC(=O)C(C)(C)N)cc1. The molecule has 0 aromatic heterocycles. The van der Waals surface area contributed by atoms with Crippen molar-refractivity contribution in [2.24, 2.45) is 11.7 Å². The van der Waals surface area contributed by atoms with E-state index in [0.29, 0.717) is 12.5 Å². The first-order valence-electron chi connectivity index (χ1n) is 7.63. The molecule has 1 amide bonds. The molecule has 0 saturated carbocycles. The van der Waals surface area contributed by atoms with Crippen molar-refractivity contribution >= 4 is 5.91 Å². The Hall–Kier alpha value is -1.39. The second kappa shape index (κ2) is 6.58. The minimum Gasteiger partial charge on any atom is -0.373 e. The van der Waals surface area contributed by atoms with Gasteiger partial charge < -0.3 is 15.8 Å². The Morgan fingerprint density at radius 3 is 2.67 bits per heavy atom. The van der Waals surface area contributed by atoms with Gasteiger partial charge in [0.1, 0.15) is 0 Å². The average Bonchev–Trinajstić information content (AvgIpc) is 2.45. The van der Waals surface area contributed by atoms with Crippen molar-refractivity contribution in [2.45, 2.75) is 45.3 Å². The van der Waals surface area contributed by atoms with Crippen LogP contribution in [0.15, 0.2) is 24.3 Å². The Labute approximate surface area is 127 Å². The molecule has 0 bridgehead atoms. The number of benzene rings is 1. The summed E-state index contributed by atoms with van der Waals surface area (Å²) in [4.78, 5) is 11.9. The van der Waals surface area contributed by atoms with E-state index in [9.17, 15) is 4.79 Å². The lowest BCUT2D eigenvalue weighted by Crippen LogP contribution is -2.50. The molecule has 4 nitrogen and oxygen atoms in total. The number of amides is 1. The number of nitrogens with two attached hydrogens (primary N) is 1. The fourth-order valence-electron chi connectivity index (χ4n) is 2.63. The Kier molecular flexibility index (Phi) is 5.01. The van der Waals surface area contributed by atoms with Crippen molar-refractivity contribution in [3.63, 3.8) is 0 Å². The maximum Gasteiger partial charge on any atom is 0.239 e. The molecule has 21 heavy (non-hydrogen) atoms. The van der Waals surface area contributed by atoms with E-state index in [1.807, 2.05) is 0 Å². The maximum atomic E-state index is 11.9. The number of ether oxygens (including phenoxy) is 1. The predicted octanol–water partition coefficient (Wildman–Crippen LogP) is 2.32. The third-order valence-electron chi connectivity index (χ3n) is 3.96. The minimum absolute atomic E-state index is 0.0561. The van der Waals surface area contributed by atoms with Gasteiger partial charge in [-0.05, 0) is 39.2 Å². The third kappa shape index (κ3) is 4.29. The monoisotopic (exact) mass is 290 g/mol. The van der Waals surface area contributed by atoms with Gasteiger partial charge in [-0.3, -0.25) is 4.79 Å². The van der Waals surface area contributed by atoms with Gasteiger partial charge in [-0.2, -0.15) is 0 Å². The van der Waals surface area contributed by atoms with E-state index in [1.54, 1.807) is 13.8 Å². The van der Waals surface area contributed by atoms with Gasteiger partial charge in [-0.25, -0.2) is 0 Å². The van der Waals surface area contributed by atoms with Crippen molar-refractivity contribution in [3.05, 3.63) is 35.4 Å². The van der Waals surface area contributed by atoms with Crippen LogP contribution in [0.1, 0.15) is 43.9 Å². The molecule has 3 N–H and O–H groups in total. The molecular formula is C17H26N2O2. The zero-order chi connectivity index (χ0) is 15.5. The number of hydrogen-bond donors (Lipinski definition) is 2. The van der Waals surface area contributed by atoms with Crippen LogP contribution < -0.4 is 11.1 Å². The van der Waals surface area contributed by atoms with Crippen LogP contribution >= 0.6 is 0 Å². The summed E-state index contributed by atoms with van der Waals surface area (Å²) in [6.45, 7) is 6.91. The van der Waals surface area contributed by atoms with Crippen LogP contribution in [0.4, 0.5) is 0 Å². The summed E-state index contributed by atoms with van der Waals surface area (Å²) >= 11 is 0. The van der Waals surface area contributed by atoms with Gasteiger partial charge in [-0.1, -0.05) is 29.8 Å². The summed E-state index contributed by atoms with van der Waals surface area (Å²) in [5, 5.41) is 2.96. The summed E-state index contributed by atoms with van der Waals surface area (Å²) in [6, 6.07) is 8.44. The first-order chi connectivity index (χ1) is 9.88. The first-order valence-corrected chi connectivity index (χ1v) is 7.63. The standard InChI is InChI=1S/C17H26N2O2/c1-12-6-8-13(9-7-12)15-14(5-4-10-21-15)11-19-16(20)17(2,3)18/h6-9,14-15H,4-5,10-11,18H2,1-3H3,(H,19,20). The lowest BCUT2D eigenvalue weighted by Gasteiger charge is -2.33. The molecule has 1 heterocycles. The van der Waals surface area contributed by atoms with Crippen molar-refractivity contribution < 1.29 is 9.53 Å². The Morgan fingerprint density at radius 1 is 1.38 bits per heavy atom. The van der Waals surface area contributed by atoms with E-state index in [1.165, 1.54) is 11.1 Å². The smallest absolute Gasteiger partial charge is 0.239 e. The predicted molar refractivity (Wildman–Crippen MR) is 83.9 cm³/mol. The summed E-state index contributed by atoms with van der Waals surface area (Å²) in [6.07, 6.45) is 2.15. The molecular weight excluding hydrogens is 264 g/mol. The van der Waals surface area contributed by atoms with Crippen LogP contribution in [0.2, 0.25) is 0 Å². The third-order valence-corrected chi connectivity index (χ3v) is 3.96. The van der Waals surface area contributed by atoms with E-state index in [2.05, 4.69) is 36.5 Å². The topological polar surface area (TPSA) is 64.3 Å². The van der Waals surface area contributed by atoms with E-state index >= 15 is 0 Å². The minimum atomic E-state index is -0.838. The molecule has 1 aromatic rings. The highest BCUT2D eigenvalue weighted by Gasteiger charge is 2.29. The molecule has 2 unspecified atom stereocenters. The summed E-state index contributed by atoms with van der Waals surface area (Å²) < 4.78 is 5.95. The average molecular weight is 290 g/mol. The highest BCUT2D eigenvalue weighted by molar-refractivity contribution is 5.85. The summed E-state index contributed by atoms with van der Waals surface area (Å²) in [7, 11) is 0. The lowest BCUT2D eigenvalue weighted by atomic mass is 9.89. The number of carbonyl (C=O) groups is 1. The van der Waals surface area contributed by atoms with Crippen molar-refractivity contribution in [3.8, 4) is 0 Å². The van der Waals surface area contributed by atoms with Crippen LogP contribution in [0.3, 0.4) is 0 Å². The van der Waals surface area contributed by atoms with Gasteiger partial charge >= 0.3 is 0 Å².